The maximum absolute atomic E-state index is 12.4. The Kier molecular flexibility index (Phi) is 8.42. The summed E-state index contributed by atoms with van der Waals surface area (Å²) in [5, 5.41) is 2.99. The van der Waals surface area contributed by atoms with E-state index in [2.05, 4.69) is 35.1 Å². The predicted molar refractivity (Wildman–Crippen MR) is 106 cm³/mol. The highest BCUT2D eigenvalue weighted by Crippen LogP contribution is 2.24. The summed E-state index contributed by atoms with van der Waals surface area (Å²) >= 11 is 3.44. The van der Waals surface area contributed by atoms with Gasteiger partial charge < -0.3 is 15.0 Å². The fourth-order valence-corrected chi connectivity index (χ4v) is 3.39. The Hall–Kier alpha value is -1.56. The van der Waals surface area contributed by atoms with Crippen molar-refractivity contribution < 1.29 is 14.3 Å². The standard InChI is InChI=1S/C20H29BrN2O3/c1-15(2)13-22-20(25)16-7-5-11-23(14-16)19(24)10-6-12-26-18-9-4-3-8-17(18)21/h3-4,8-9,15-16H,5-7,10-14H2,1-2H3,(H,22,25)/t16-/m0/s1. The molecule has 1 saturated heterocycles. The van der Waals surface area contributed by atoms with Crippen molar-refractivity contribution >= 4 is 27.7 Å². The number of rotatable bonds is 8. The van der Waals surface area contributed by atoms with Gasteiger partial charge >= 0.3 is 0 Å². The van der Waals surface area contributed by atoms with Crippen LogP contribution in [0, 0.1) is 11.8 Å². The van der Waals surface area contributed by atoms with Crippen LogP contribution in [0.5, 0.6) is 5.75 Å². The van der Waals surface area contributed by atoms with Crippen LogP contribution in [0.3, 0.4) is 0 Å². The van der Waals surface area contributed by atoms with Gasteiger partial charge in [0.05, 0.1) is 17.0 Å². The van der Waals surface area contributed by atoms with Gasteiger partial charge in [0.1, 0.15) is 5.75 Å². The number of hydrogen-bond acceptors (Lipinski definition) is 3. The minimum Gasteiger partial charge on any atom is -0.492 e. The van der Waals surface area contributed by atoms with Crippen LogP contribution < -0.4 is 10.1 Å². The van der Waals surface area contributed by atoms with Crippen LogP contribution in [0.15, 0.2) is 28.7 Å². The highest BCUT2D eigenvalue weighted by Gasteiger charge is 2.28. The number of hydrogen-bond donors (Lipinski definition) is 1. The number of likely N-dealkylation sites (tertiary alicyclic amines) is 1. The summed E-state index contributed by atoms with van der Waals surface area (Å²) in [5.74, 6) is 1.34. The second kappa shape index (κ2) is 10.6. The van der Waals surface area contributed by atoms with E-state index in [-0.39, 0.29) is 17.7 Å². The molecule has 0 unspecified atom stereocenters. The lowest BCUT2D eigenvalue weighted by atomic mass is 9.96. The lowest BCUT2D eigenvalue weighted by molar-refractivity contribution is -0.135. The zero-order valence-electron chi connectivity index (χ0n) is 15.7. The minimum absolute atomic E-state index is 0.0773. The molecule has 144 valence electrons. The molecule has 1 fully saturated rings. The van der Waals surface area contributed by atoms with Crippen molar-refractivity contribution in [1.82, 2.24) is 10.2 Å². The topological polar surface area (TPSA) is 58.6 Å². The average molecular weight is 425 g/mol. The Balaban J connectivity index is 1.71. The summed E-state index contributed by atoms with van der Waals surface area (Å²) < 4.78 is 6.62. The van der Waals surface area contributed by atoms with Crippen LogP contribution in [-0.2, 0) is 9.59 Å². The molecule has 0 saturated carbocycles. The van der Waals surface area contributed by atoms with Crippen LogP contribution >= 0.6 is 15.9 Å². The van der Waals surface area contributed by atoms with Crippen LogP contribution in [0.25, 0.3) is 0 Å². The molecule has 26 heavy (non-hydrogen) atoms. The average Bonchev–Trinajstić information content (AvgIpc) is 2.64. The van der Waals surface area contributed by atoms with Gasteiger partial charge in [-0.05, 0) is 53.2 Å². The predicted octanol–water partition coefficient (Wildman–Crippen LogP) is 3.62. The van der Waals surface area contributed by atoms with E-state index >= 15 is 0 Å². The first kappa shape index (κ1) is 20.7. The smallest absolute Gasteiger partial charge is 0.224 e. The van der Waals surface area contributed by atoms with Crippen LogP contribution in [0.1, 0.15) is 39.5 Å². The van der Waals surface area contributed by atoms with E-state index in [0.29, 0.717) is 38.5 Å². The summed E-state index contributed by atoms with van der Waals surface area (Å²) in [5.41, 5.74) is 0. The molecule has 1 atom stereocenters. The number of benzene rings is 1. The molecule has 2 rings (SSSR count). The van der Waals surface area contributed by atoms with Gasteiger partial charge in [0.25, 0.3) is 0 Å². The van der Waals surface area contributed by atoms with Gasteiger partial charge in [-0.1, -0.05) is 26.0 Å². The Labute approximate surface area is 164 Å². The highest BCUT2D eigenvalue weighted by molar-refractivity contribution is 9.10. The van der Waals surface area contributed by atoms with Crippen LogP contribution in [0.4, 0.5) is 0 Å². The fraction of sp³-hybridized carbons (Fsp3) is 0.600. The molecular weight excluding hydrogens is 396 g/mol. The molecule has 0 aliphatic carbocycles. The number of amides is 2. The summed E-state index contributed by atoms with van der Waals surface area (Å²) in [4.78, 5) is 26.5. The maximum atomic E-state index is 12.4. The summed E-state index contributed by atoms with van der Waals surface area (Å²) in [6, 6.07) is 7.68. The zero-order chi connectivity index (χ0) is 18.9. The second-order valence-electron chi connectivity index (χ2n) is 7.20. The first-order valence-corrected chi connectivity index (χ1v) is 10.2. The van der Waals surface area contributed by atoms with Gasteiger partial charge in [0.2, 0.25) is 11.8 Å². The van der Waals surface area contributed by atoms with E-state index < -0.39 is 0 Å². The Morgan fingerprint density at radius 1 is 1.35 bits per heavy atom. The highest BCUT2D eigenvalue weighted by atomic mass is 79.9. The number of piperidine rings is 1. The summed E-state index contributed by atoms with van der Waals surface area (Å²) in [6.45, 7) is 6.63. The second-order valence-corrected chi connectivity index (χ2v) is 8.05. The minimum atomic E-state index is -0.0806. The molecule has 1 aliphatic heterocycles. The number of nitrogens with one attached hydrogen (secondary N) is 1. The van der Waals surface area contributed by atoms with Gasteiger partial charge in [-0.25, -0.2) is 0 Å². The molecular formula is C20H29BrN2O3. The summed E-state index contributed by atoms with van der Waals surface area (Å²) in [7, 11) is 0. The number of para-hydroxylation sites is 1. The molecule has 0 bridgehead atoms. The first-order chi connectivity index (χ1) is 12.5. The fourth-order valence-electron chi connectivity index (χ4n) is 2.99. The van der Waals surface area contributed by atoms with Gasteiger partial charge in [-0.2, -0.15) is 0 Å². The number of ether oxygens (including phenoxy) is 1. The van der Waals surface area contributed by atoms with Gasteiger partial charge in [0.15, 0.2) is 0 Å². The molecule has 1 aromatic carbocycles. The third-order valence-corrected chi connectivity index (χ3v) is 5.11. The van der Waals surface area contributed by atoms with Crippen LogP contribution in [-0.4, -0.2) is 43.0 Å². The van der Waals surface area contributed by atoms with Crippen molar-refractivity contribution in [2.24, 2.45) is 11.8 Å². The van der Waals surface area contributed by atoms with E-state index in [1.54, 1.807) is 0 Å². The molecule has 0 radical (unpaired) electrons. The van der Waals surface area contributed by atoms with E-state index in [9.17, 15) is 9.59 Å². The zero-order valence-corrected chi connectivity index (χ0v) is 17.3. The van der Waals surface area contributed by atoms with Gasteiger partial charge in [-0.3, -0.25) is 9.59 Å². The van der Waals surface area contributed by atoms with Crippen molar-refractivity contribution in [3.63, 3.8) is 0 Å². The third kappa shape index (κ3) is 6.63. The molecule has 0 spiro atoms. The lowest BCUT2D eigenvalue weighted by Crippen LogP contribution is -2.46. The monoisotopic (exact) mass is 424 g/mol. The van der Waals surface area contributed by atoms with Gasteiger partial charge in [-0.15, -0.1) is 0 Å². The number of nitrogens with zero attached hydrogens (tertiary/aromatic N) is 1. The van der Waals surface area contributed by atoms with Crippen molar-refractivity contribution in [2.75, 3.05) is 26.2 Å². The molecule has 1 aromatic rings. The van der Waals surface area contributed by atoms with Crippen LogP contribution in [0.2, 0.25) is 0 Å². The summed E-state index contributed by atoms with van der Waals surface area (Å²) in [6.07, 6.45) is 2.86. The lowest BCUT2D eigenvalue weighted by Gasteiger charge is -2.32. The number of halogens is 1. The molecule has 1 aliphatic rings. The molecule has 6 heteroatoms. The molecule has 1 heterocycles. The van der Waals surface area contributed by atoms with Gasteiger partial charge in [0, 0.05) is 26.1 Å². The molecule has 5 nitrogen and oxygen atoms in total. The molecule has 0 aromatic heterocycles. The van der Waals surface area contributed by atoms with E-state index in [0.717, 1.165) is 29.6 Å². The third-order valence-electron chi connectivity index (χ3n) is 4.46. The Bertz CT molecular complexity index is 606. The van der Waals surface area contributed by atoms with Crippen molar-refractivity contribution in [3.8, 4) is 5.75 Å². The quantitative estimate of drug-likeness (QED) is 0.648. The normalized spacial score (nSPS) is 17.2. The molecule has 2 amide bonds. The van der Waals surface area contributed by atoms with E-state index in [4.69, 9.17) is 4.74 Å². The van der Waals surface area contributed by atoms with Crippen molar-refractivity contribution in [1.29, 1.82) is 0 Å². The molecule has 1 N–H and O–H groups in total. The Morgan fingerprint density at radius 2 is 2.12 bits per heavy atom. The largest absolute Gasteiger partial charge is 0.492 e. The van der Waals surface area contributed by atoms with E-state index in [1.165, 1.54) is 0 Å². The number of carbonyl (C=O) groups excluding carboxylic acids is 2. The maximum Gasteiger partial charge on any atom is 0.224 e. The Morgan fingerprint density at radius 3 is 2.85 bits per heavy atom. The van der Waals surface area contributed by atoms with Crippen molar-refractivity contribution in [2.45, 2.75) is 39.5 Å². The van der Waals surface area contributed by atoms with Crippen molar-refractivity contribution in [3.05, 3.63) is 28.7 Å². The number of carbonyl (C=O) groups is 2. The van der Waals surface area contributed by atoms with E-state index in [1.807, 2.05) is 29.2 Å². The first-order valence-electron chi connectivity index (χ1n) is 9.40. The SMILES string of the molecule is CC(C)CNC(=O)[C@H]1CCCN(C(=O)CCCOc2ccccc2Br)C1.